The van der Waals surface area contributed by atoms with Gasteiger partial charge in [0.15, 0.2) is 0 Å². The van der Waals surface area contributed by atoms with Crippen molar-refractivity contribution in [1.82, 2.24) is 35.1 Å². The highest BCUT2D eigenvalue weighted by molar-refractivity contribution is 7.25. The summed E-state index contributed by atoms with van der Waals surface area (Å²) in [5, 5.41) is 2.65. The number of likely N-dealkylation sites (tertiary alicyclic amines) is 2. The number of hydrogen-bond donors (Lipinski definition) is 3. The van der Waals surface area contributed by atoms with E-state index in [0.717, 1.165) is 74.8 Å². The zero-order valence-corrected chi connectivity index (χ0v) is 29.5. The molecule has 4 aromatic heterocycles. The third kappa shape index (κ3) is 7.90. The number of alkyl carbamates (subject to hydrolysis) is 1. The Morgan fingerprint density at radius 1 is 0.857 bits per heavy atom. The number of carbonyl (C=O) groups excluding carboxylic acids is 3. The predicted octanol–water partition coefficient (Wildman–Crippen LogP) is 5.59. The van der Waals surface area contributed by atoms with Crippen LogP contribution in [0.25, 0.3) is 30.9 Å². The molecule has 0 aromatic carbocycles. The van der Waals surface area contributed by atoms with Crippen LogP contribution < -0.4 is 5.32 Å². The Morgan fingerprint density at radius 2 is 1.41 bits per heavy atom. The van der Waals surface area contributed by atoms with Gasteiger partial charge in [0, 0.05) is 69.1 Å². The number of H-pyrrole nitrogens is 2. The molecule has 6 rings (SSSR count). The van der Waals surface area contributed by atoms with Crippen LogP contribution in [0.4, 0.5) is 4.79 Å². The summed E-state index contributed by atoms with van der Waals surface area (Å²) >= 11 is 3.33. The molecule has 0 saturated carbocycles. The molecule has 13 nitrogen and oxygen atoms in total. The molecule has 4 aromatic rings. The van der Waals surface area contributed by atoms with E-state index in [1.807, 2.05) is 17.3 Å². The standard InChI is InChI=1S/C34H42N7O6S2/c1-45-17-6-9-30(42)40-15-4-7-24(40)31-35-19-22(37-31)26-10-12-28(48-26)29-13-11-27(49-29)23-20-36-32(38-23)25-8-5-16-41(25)33(43)21(14-18-46-2)39-34(44)47-3/h9-13,19-21,24-25H,4-8,14-18H2,1-3H3,(H,35,37)(H,36,38)(H,39,44)/t21-,24-,25-/m0/s1. The van der Waals surface area contributed by atoms with E-state index in [1.165, 1.54) is 7.11 Å². The van der Waals surface area contributed by atoms with Crippen LogP contribution in [0.3, 0.4) is 0 Å². The molecule has 15 heteroatoms. The van der Waals surface area contributed by atoms with Crippen molar-refractivity contribution in [1.29, 1.82) is 0 Å². The van der Waals surface area contributed by atoms with Gasteiger partial charge in [-0.05, 0) is 56.4 Å². The van der Waals surface area contributed by atoms with Crippen LogP contribution in [-0.4, -0.2) is 101 Å². The lowest BCUT2D eigenvalue weighted by molar-refractivity contribution is -0.135. The molecule has 49 heavy (non-hydrogen) atoms. The van der Waals surface area contributed by atoms with Crippen molar-refractivity contribution >= 4 is 40.6 Å². The van der Waals surface area contributed by atoms with Crippen molar-refractivity contribution in [2.45, 2.75) is 56.7 Å². The van der Waals surface area contributed by atoms with Crippen molar-refractivity contribution in [3.8, 4) is 30.9 Å². The van der Waals surface area contributed by atoms with Gasteiger partial charge >= 0.3 is 6.09 Å². The predicted molar refractivity (Wildman–Crippen MR) is 187 cm³/mol. The van der Waals surface area contributed by atoms with E-state index < -0.39 is 12.1 Å². The molecule has 0 unspecified atom stereocenters. The molecule has 2 aliphatic rings. The van der Waals surface area contributed by atoms with Gasteiger partial charge in [-0.25, -0.2) is 14.8 Å². The summed E-state index contributed by atoms with van der Waals surface area (Å²) in [5.74, 6) is 1.39. The first kappa shape index (κ1) is 34.8. The molecule has 1 radical (unpaired) electrons. The molecule has 3 N–H and O–H groups in total. The fourth-order valence-electron chi connectivity index (χ4n) is 6.42. The number of aromatic amines is 2. The molecule has 6 heterocycles. The number of nitrogens with one attached hydrogen (secondary N) is 3. The Balaban J connectivity index is 1.11. The van der Waals surface area contributed by atoms with Gasteiger partial charge in [-0.15, -0.1) is 22.7 Å². The summed E-state index contributed by atoms with van der Waals surface area (Å²) in [6.45, 7) is 2.17. The van der Waals surface area contributed by atoms with Gasteiger partial charge in [0.1, 0.15) is 17.7 Å². The molecule has 0 bridgehead atoms. The van der Waals surface area contributed by atoms with Crippen LogP contribution in [-0.2, 0) is 23.8 Å². The number of methoxy groups -OCH3 is 3. The van der Waals surface area contributed by atoms with E-state index in [4.69, 9.17) is 24.2 Å². The number of imidazole rings is 2. The average Bonchev–Trinajstić information content (AvgIpc) is 3.94. The summed E-state index contributed by atoms with van der Waals surface area (Å²) in [4.78, 5) is 62.7. The van der Waals surface area contributed by atoms with Crippen molar-refractivity contribution in [2.24, 2.45) is 0 Å². The molecular weight excluding hydrogens is 667 g/mol. The second-order valence-corrected chi connectivity index (χ2v) is 14.2. The Kier molecular flexibility index (Phi) is 11.4. The van der Waals surface area contributed by atoms with Crippen LogP contribution in [0.1, 0.15) is 62.3 Å². The summed E-state index contributed by atoms with van der Waals surface area (Å²) < 4.78 is 15.0. The average molecular weight is 709 g/mol. The van der Waals surface area contributed by atoms with Crippen LogP contribution in [0.15, 0.2) is 36.7 Å². The fourth-order valence-corrected chi connectivity index (χ4v) is 8.45. The van der Waals surface area contributed by atoms with E-state index in [0.29, 0.717) is 32.6 Å². The molecule has 0 aliphatic carbocycles. The number of hydrogen-bond acceptors (Lipinski definition) is 10. The first-order chi connectivity index (χ1) is 23.9. The maximum atomic E-state index is 13.5. The molecule has 2 aliphatic heterocycles. The van der Waals surface area contributed by atoms with Gasteiger partial charge in [-0.3, -0.25) is 9.59 Å². The Hall–Kier alpha value is -4.05. The Labute approximate surface area is 293 Å². The van der Waals surface area contributed by atoms with Crippen LogP contribution in [0, 0.1) is 6.42 Å². The molecule has 3 amide bonds. The van der Waals surface area contributed by atoms with E-state index in [9.17, 15) is 14.4 Å². The van der Waals surface area contributed by atoms with Crippen LogP contribution in [0.5, 0.6) is 0 Å². The first-order valence-electron chi connectivity index (χ1n) is 16.5. The molecule has 3 atom stereocenters. The molecule has 261 valence electrons. The first-order valence-corrected chi connectivity index (χ1v) is 18.1. The van der Waals surface area contributed by atoms with Gasteiger partial charge in [0.05, 0.1) is 46.8 Å². The normalized spacial score (nSPS) is 18.3. The van der Waals surface area contributed by atoms with E-state index in [2.05, 4.69) is 39.6 Å². The second kappa shape index (κ2) is 16.1. The topological polar surface area (TPSA) is 155 Å². The monoisotopic (exact) mass is 708 g/mol. The van der Waals surface area contributed by atoms with Crippen molar-refractivity contribution in [3.63, 3.8) is 0 Å². The fraction of sp³-hybridized carbons (Fsp3) is 0.471. The number of carbonyl (C=O) groups is 3. The largest absolute Gasteiger partial charge is 0.453 e. The quantitative estimate of drug-likeness (QED) is 0.143. The van der Waals surface area contributed by atoms with E-state index >= 15 is 0 Å². The molecule has 2 saturated heterocycles. The van der Waals surface area contributed by atoms with Crippen molar-refractivity contribution in [2.75, 3.05) is 47.6 Å². The van der Waals surface area contributed by atoms with Crippen LogP contribution in [0.2, 0.25) is 0 Å². The van der Waals surface area contributed by atoms with E-state index in [1.54, 1.807) is 48.2 Å². The van der Waals surface area contributed by atoms with Gasteiger partial charge < -0.3 is 39.3 Å². The smallest absolute Gasteiger partial charge is 0.407 e. The third-order valence-electron chi connectivity index (χ3n) is 8.89. The lowest BCUT2D eigenvalue weighted by Crippen LogP contribution is -2.49. The second-order valence-electron chi connectivity index (χ2n) is 12.0. The maximum absolute atomic E-state index is 13.5. The Bertz CT molecular complexity index is 1730. The van der Waals surface area contributed by atoms with Gasteiger partial charge in [-0.2, -0.15) is 0 Å². The van der Waals surface area contributed by atoms with Crippen molar-refractivity contribution < 1.29 is 28.6 Å². The number of ether oxygens (including phenoxy) is 3. The SMILES string of the molecule is COCC[CH]C(=O)N1CCC[C@H]1c1nc(-c2ccc(-c3ccc(-c4c[nH]c([C@@H]5CCCN5C(=O)[C@H](CCOC)NC(=O)OC)n4)s3)s2)c[nH]1. The maximum Gasteiger partial charge on any atom is 0.407 e. The number of rotatable bonds is 14. The van der Waals surface area contributed by atoms with Crippen LogP contribution >= 0.6 is 22.7 Å². The number of nitrogens with zero attached hydrogens (tertiary/aromatic N) is 4. The minimum absolute atomic E-state index is 0.0297. The van der Waals surface area contributed by atoms with Gasteiger partial charge in [0.2, 0.25) is 11.8 Å². The highest BCUT2D eigenvalue weighted by Crippen LogP contribution is 2.41. The molecular formula is C34H42N7O6S2. The highest BCUT2D eigenvalue weighted by atomic mass is 32.1. The number of aromatic nitrogens is 4. The van der Waals surface area contributed by atoms with E-state index in [-0.39, 0.29) is 23.9 Å². The summed E-state index contributed by atoms with van der Waals surface area (Å²) in [7, 11) is 4.47. The highest BCUT2D eigenvalue weighted by Gasteiger charge is 2.36. The van der Waals surface area contributed by atoms with Gasteiger partial charge in [0.25, 0.3) is 0 Å². The Morgan fingerprint density at radius 3 is 1.98 bits per heavy atom. The minimum Gasteiger partial charge on any atom is -0.453 e. The zero-order valence-electron chi connectivity index (χ0n) is 27.9. The van der Waals surface area contributed by atoms with Crippen molar-refractivity contribution in [3.05, 3.63) is 54.7 Å². The minimum atomic E-state index is -0.748. The molecule has 0 spiro atoms. The summed E-state index contributed by atoms with van der Waals surface area (Å²) in [6.07, 6.45) is 9.26. The summed E-state index contributed by atoms with van der Waals surface area (Å²) in [5.41, 5.74) is 1.68. The molecule has 2 fully saturated rings. The number of thiophene rings is 2. The zero-order chi connectivity index (χ0) is 34.3. The third-order valence-corrected chi connectivity index (χ3v) is 11.3. The number of amides is 3. The lowest BCUT2D eigenvalue weighted by atomic mass is 10.1. The lowest BCUT2D eigenvalue weighted by Gasteiger charge is -2.28. The summed E-state index contributed by atoms with van der Waals surface area (Å²) in [6, 6.07) is 7.35. The van der Waals surface area contributed by atoms with Gasteiger partial charge in [-0.1, -0.05) is 0 Å².